The fourth-order valence-corrected chi connectivity index (χ4v) is 1.53. The second-order valence-corrected chi connectivity index (χ2v) is 4.32. The summed E-state index contributed by atoms with van der Waals surface area (Å²) in [7, 11) is 0. The Kier molecular flexibility index (Phi) is 4.39. The quantitative estimate of drug-likeness (QED) is 0.517. The Morgan fingerprint density at radius 3 is 2.57 bits per heavy atom. The Morgan fingerprint density at radius 2 is 2.14 bits per heavy atom. The number of rotatable bonds is 6. The Labute approximate surface area is 87.4 Å². The minimum Gasteiger partial charge on any atom is -0.387 e. The highest BCUT2D eigenvalue weighted by atomic mass is 15.2. The lowest BCUT2D eigenvalue weighted by Crippen LogP contribution is -2.29. The van der Waals surface area contributed by atoms with E-state index in [1.165, 1.54) is 12.8 Å². The van der Waals surface area contributed by atoms with Crippen LogP contribution < -0.4 is 5.73 Å². The van der Waals surface area contributed by atoms with Crippen molar-refractivity contribution in [2.75, 3.05) is 19.6 Å². The van der Waals surface area contributed by atoms with Crippen molar-refractivity contribution in [2.45, 2.75) is 39.7 Å². The summed E-state index contributed by atoms with van der Waals surface area (Å²) < 4.78 is 0. The molecule has 0 saturated heterocycles. The molecule has 1 rings (SSSR count). The smallest absolute Gasteiger partial charge is 0.0963 e. The molecule has 82 valence electrons. The van der Waals surface area contributed by atoms with Crippen molar-refractivity contribution in [3.63, 3.8) is 0 Å². The maximum absolute atomic E-state index is 5.77. The Bertz CT molecular complexity index is 195. The van der Waals surface area contributed by atoms with Crippen molar-refractivity contribution in [3.05, 3.63) is 0 Å². The van der Waals surface area contributed by atoms with E-state index in [-0.39, 0.29) is 0 Å². The van der Waals surface area contributed by atoms with E-state index in [0.29, 0.717) is 5.92 Å². The van der Waals surface area contributed by atoms with Gasteiger partial charge in [0.05, 0.1) is 12.4 Å². The standard InChI is InChI=1S/C11H23N3/c1-4-14(10-5-6-10)8-7-13-11(12)9(2)3/h9-10H,4-8H2,1-3H3,(H2,12,13). The maximum atomic E-state index is 5.77. The molecule has 0 aromatic carbocycles. The van der Waals surface area contributed by atoms with Crippen molar-refractivity contribution in [2.24, 2.45) is 16.6 Å². The van der Waals surface area contributed by atoms with E-state index in [9.17, 15) is 0 Å². The number of amidine groups is 1. The number of likely N-dealkylation sites (N-methyl/N-ethyl adjacent to an activating group) is 1. The third-order valence-corrected chi connectivity index (χ3v) is 2.74. The first-order valence-electron chi connectivity index (χ1n) is 5.69. The Hall–Kier alpha value is -0.570. The van der Waals surface area contributed by atoms with Crippen LogP contribution in [-0.4, -0.2) is 36.4 Å². The summed E-state index contributed by atoms with van der Waals surface area (Å²) in [5.74, 6) is 1.17. The van der Waals surface area contributed by atoms with Gasteiger partial charge in [0.15, 0.2) is 0 Å². The predicted molar refractivity (Wildman–Crippen MR) is 61.6 cm³/mol. The van der Waals surface area contributed by atoms with Crippen molar-refractivity contribution >= 4 is 5.84 Å². The lowest BCUT2D eigenvalue weighted by Gasteiger charge is -2.18. The fourth-order valence-electron chi connectivity index (χ4n) is 1.53. The number of nitrogens with two attached hydrogens (primary N) is 1. The molecule has 2 N–H and O–H groups in total. The molecule has 3 heteroatoms. The molecule has 0 radical (unpaired) electrons. The van der Waals surface area contributed by atoms with Crippen LogP contribution in [0.5, 0.6) is 0 Å². The molecule has 0 unspecified atom stereocenters. The van der Waals surface area contributed by atoms with Crippen molar-refractivity contribution in [1.82, 2.24) is 4.90 Å². The fraction of sp³-hybridized carbons (Fsp3) is 0.909. The van der Waals surface area contributed by atoms with Crippen LogP contribution in [0.3, 0.4) is 0 Å². The van der Waals surface area contributed by atoms with E-state index in [1.54, 1.807) is 0 Å². The van der Waals surface area contributed by atoms with Crippen molar-refractivity contribution in [3.8, 4) is 0 Å². The maximum Gasteiger partial charge on any atom is 0.0963 e. The van der Waals surface area contributed by atoms with Crippen LogP contribution in [0.4, 0.5) is 0 Å². The van der Waals surface area contributed by atoms with Gasteiger partial charge in [0.1, 0.15) is 0 Å². The van der Waals surface area contributed by atoms with E-state index in [1.807, 2.05) is 0 Å². The van der Waals surface area contributed by atoms with Gasteiger partial charge in [-0.3, -0.25) is 9.89 Å². The number of aliphatic imine (C=N–C) groups is 1. The molecular weight excluding hydrogens is 174 g/mol. The molecule has 1 aliphatic rings. The van der Waals surface area contributed by atoms with Gasteiger partial charge in [-0.25, -0.2) is 0 Å². The van der Waals surface area contributed by atoms with Crippen LogP contribution in [0.1, 0.15) is 33.6 Å². The van der Waals surface area contributed by atoms with Gasteiger partial charge < -0.3 is 5.73 Å². The summed E-state index contributed by atoms with van der Waals surface area (Å²) in [6.07, 6.45) is 2.74. The number of hydrogen-bond donors (Lipinski definition) is 1. The van der Waals surface area contributed by atoms with Gasteiger partial charge in [-0.15, -0.1) is 0 Å². The first-order valence-corrected chi connectivity index (χ1v) is 5.69. The zero-order valence-electron chi connectivity index (χ0n) is 9.66. The molecule has 0 atom stereocenters. The average Bonchev–Trinajstić information content (AvgIpc) is 2.95. The van der Waals surface area contributed by atoms with Crippen LogP contribution in [0.25, 0.3) is 0 Å². The van der Waals surface area contributed by atoms with Gasteiger partial charge in [0.2, 0.25) is 0 Å². The summed E-state index contributed by atoms with van der Waals surface area (Å²) >= 11 is 0. The highest BCUT2D eigenvalue weighted by molar-refractivity contribution is 5.82. The van der Waals surface area contributed by atoms with E-state index in [0.717, 1.165) is 31.5 Å². The topological polar surface area (TPSA) is 41.6 Å². The molecule has 0 heterocycles. The van der Waals surface area contributed by atoms with E-state index in [2.05, 4.69) is 30.7 Å². The highest BCUT2D eigenvalue weighted by Gasteiger charge is 2.26. The number of nitrogens with zero attached hydrogens (tertiary/aromatic N) is 2. The zero-order valence-corrected chi connectivity index (χ0v) is 9.66. The molecule has 0 amide bonds. The number of hydrogen-bond acceptors (Lipinski definition) is 2. The molecule has 0 spiro atoms. The summed E-state index contributed by atoms with van der Waals surface area (Å²) in [4.78, 5) is 6.87. The zero-order chi connectivity index (χ0) is 10.6. The lowest BCUT2D eigenvalue weighted by atomic mass is 10.2. The second kappa shape index (κ2) is 5.35. The van der Waals surface area contributed by atoms with Gasteiger partial charge in [0.25, 0.3) is 0 Å². The van der Waals surface area contributed by atoms with Gasteiger partial charge in [-0.1, -0.05) is 20.8 Å². The van der Waals surface area contributed by atoms with Gasteiger partial charge in [0, 0.05) is 18.5 Å². The third kappa shape index (κ3) is 3.66. The highest BCUT2D eigenvalue weighted by Crippen LogP contribution is 2.25. The van der Waals surface area contributed by atoms with Crippen LogP contribution in [0, 0.1) is 5.92 Å². The summed E-state index contributed by atoms with van der Waals surface area (Å²) in [6.45, 7) is 9.44. The first-order chi connectivity index (χ1) is 6.65. The Balaban J connectivity index is 2.21. The molecule has 3 nitrogen and oxygen atoms in total. The normalized spacial score (nSPS) is 18.2. The average molecular weight is 197 g/mol. The molecule has 0 aromatic heterocycles. The van der Waals surface area contributed by atoms with Crippen LogP contribution in [0.15, 0.2) is 4.99 Å². The van der Waals surface area contributed by atoms with Crippen LogP contribution in [-0.2, 0) is 0 Å². The van der Waals surface area contributed by atoms with Crippen LogP contribution in [0.2, 0.25) is 0 Å². The molecule has 1 fully saturated rings. The minimum atomic E-state index is 0.381. The monoisotopic (exact) mass is 197 g/mol. The molecule has 1 saturated carbocycles. The predicted octanol–water partition coefficient (Wildman–Crippen LogP) is 1.48. The first kappa shape index (κ1) is 11.5. The molecule has 0 aliphatic heterocycles. The van der Waals surface area contributed by atoms with E-state index >= 15 is 0 Å². The summed E-state index contributed by atoms with van der Waals surface area (Å²) in [6, 6.07) is 0.843. The van der Waals surface area contributed by atoms with E-state index in [4.69, 9.17) is 5.73 Å². The summed E-state index contributed by atoms with van der Waals surface area (Å²) in [5, 5.41) is 0. The molecular formula is C11H23N3. The lowest BCUT2D eigenvalue weighted by molar-refractivity contribution is 0.286. The van der Waals surface area contributed by atoms with Gasteiger partial charge >= 0.3 is 0 Å². The minimum absolute atomic E-state index is 0.381. The SMILES string of the molecule is CCN(CCN=C(N)C(C)C)C1CC1. The third-order valence-electron chi connectivity index (χ3n) is 2.74. The van der Waals surface area contributed by atoms with Crippen molar-refractivity contribution < 1.29 is 0 Å². The second-order valence-electron chi connectivity index (χ2n) is 4.32. The molecule has 0 aromatic rings. The molecule has 14 heavy (non-hydrogen) atoms. The Morgan fingerprint density at radius 1 is 1.50 bits per heavy atom. The summed E-state index contributed by atoms with van der Waals surface area (Å²) in [5.41, 5.74) is 5.77. The van der Waals surface area contributed by atoms with Gasteiger partial charge in [-0.2, -0.15) is 0 Å². The van der Waals surface area contributed by atoms with Gasteiger partial charge in [-0.05, 0) is 19.4 Å². The largest absolute Gasteiger partial charge is 0.387 e. The van der Waals surface area contributed by atoms with Crippen LogP contribution >= 0.6 is 0 Å². The van der Waals surface area contributed by atoms with Crippen molar-refractivity contribution in [1.29, 1.82) is 0 Å². The van der Waals surface area contributed by atoms with E-state index < -0.39 is 0 Å². The molecule has 0 bridgehead atoms. The molecule has 1 aliphatic carbocycles.